The molecule has 0 atom stereocenters. The van der Waals surface area contributed by atoms with Crippen LogP contribution in [0, 0.1) is 5.82 Å². The Balaban J connectivity index is 1.67. The monoisotopic (exact) mass is 385 g/mol. The van der Waals surface area contributed by atoms with Crippen molar-refractivity contribution in [1.82, 2.24) is 19.5 Å². The summed E-state index contributed by atoms with van der Waals surface area (Å²) in [4.78, 5) is 6.96. The van der Waals surface area contributed by atoms with Gasteiger partial charge in [-0.2, -0.15) is 5.10 Å². The predicted octanol–water partition coefficient (Wildman–Crippen LogP) is 2.68. The second-order valence-corrected chi connectivity index (χ2v) is 6.78. The molecule has 1 N–H and O–H groups in total. The first kappa shape index (κ1) is 18.6. The number of aromatic nitrogens is 3. The van der Waals surface area contributed by atoms with Crippen LogP contribution in [-0.4, -0.2) is 66.0 Å². The molecule has 1 aliphatic heterocycles. The maximum absolute atomic E-state index is 14.2. The molecular formula is C20H24FN5O2. The number of ether oxygens (including phenoxy) is 2. The maximum atomic E-state index is 14.2. The minimum Gasteiger partial charge on any atom is -0.492 e. The Hall–Kier alpha value is -2.71. The lowest BCUT2D eigenvalue weighted by molar-refractivity contribution is 0.134. The van der Waals surface area contributed by atoms with Gasteiger partial charge in [0.1, 0.15) is 24.0 Å². The Labute approximate surface area is 163 Å². The number of benzene rings is 1. The van der Waals surface area contributed by atoms with Crippen LogP contribution >= 0.6 is 0 Å². The third-order valence-corrected chi connectivity index (χ3v) is 4.80. The molecule has 1 aromatic carbocycles. The molecule has 8 heteroatoms. The highest BCUT2D eigenvalue weighted by Gasteiger charge is 2.13. The summed E-state index contributed by atoms with van der Waals surface area (Å²) in [7, 11) is 1.70. The van der Waals surface area contributed by atoms with Crippen molar-refractivity contribution in [2.45, 2.75) is 6.42 Å². The number of halogens is 1. The van der Waals surface area contributed by atoms with Crippen LogP contribution in [0.2, 0.25) is 0 Å². The molecule has 7 nitrogen and oxygen atoms in total. The molecule has 3 heterocycles. The van der Waals surface area contributed by atoms with E-state index in [1.54, 1.807) is 17.8 Å². The van der Waals surface area contributed by atoms with Gasteiger partial charge in [0.15, 0.2) is 5.65 Å². The standard InChI is InChI=1S/C20H24FN5O2/c1-27-9-7-25-5-2-4-22-19-3-6-26-20(24-19)18(14-23-26)15-11-16(21)13-17(12-15)28-10-8-25/h3,6,11-14H,2,4-5,7-10H2,1H3,(H,22,24). The fourth-order valence-corrected chi connectivity index (χ4v) is 3.34. The highest BCUT2D eigenvalue weighted by molar-refractivity contribution is 5.78. The Morgan fingerprint density at radius 3 is 3.11 bits per heavy atom. The zero-order valence-electron chi connectivity index (χ0n) is 15.9. The normalized spacial score (nSPS) is 15.6. The van der Waals surface area contributed by atoms with Gasteiger partial charge in [-0.1, -0.05) is 0 Å². The van der Waals surface area contributed by atoms with Gasteiger partial charge >= 0.3 is 0 Å². The number of methoxy groups -OCH3 is 1. The average molecular weight is 385 g/mol. The van der Waals surface area contributed by atoms with Crippen LogP contribution in [-0.2, 0) is 4.74 Å². The second kappa shape index (κ2) is 8.53. The Kier molecular flexibility index (Phi) is 5.68. The minimum absolute atomic E-state index is 0.346. The fourth-order valence-electron chi connectivity index (χ4n) is 3.34. The molecule has 0 aliphatic carbocycles. The summed E-state index contributed by atoms with van der Waals surface area (Å²) in [5.41, 5.74) is 2.14. The van der Waals surface area contributed by atoms with E-state index in [-0.39, 0.29) is 5.82 Å². The number of rotatable bonds is 3. The van der Waals surface area contributed by atoms with Gasteiger partial charge in [0, 0.05) is 51.1 Å². The highest BCUT2D eigenvalue weighted by Crippen LogP contribution is 2.28. The maximum Gasteiger partial charge on any atom is 0.165 e. The lowest BCUT2D eigenvalue weighted by Crippen LogP contribution is -2.33. The molecule has 0 spiro atoms. The largest absolute Gasteiger partial charge is 0.492 e. The fraction of sp³-hybridized carbons (Fsp3) is 0.400. The molecule has 4 bridgehead atoms. The summed E-state index contributed by atoms with van der Waals surface area (Å²) in [5, 5.41) is 7.70. The summed E-state index contributed by atoms with van der Waals surface area (Å²) in [6.07, 6.45) is 4.52. The molecule has 0 saturated carbocycles. The quantitative estimate of drug-likeness (QED) is 0.748. The Bertz CT molecular complexity index is 945. The van der Waals surface area contributed by atoms with Crippen molar-refractivity contribution in [1.29, 1.82) is 0 Å². The smallest absolute Gasteiger partial charge is 0.165 e. The molecule has 148 valence electrons. The molecule has 0 unspecified atom stereocenters. The van der Waals surface area contributed by atoms with E-state index in [1.807, 2.05) is 18.3 Å². The van der Waals surface area contributed by atoms with E-state index in [9.17, 15) is 4.39 Å². The van der Waals surface area contributed by atoms with Gasteiger partial charge in [-0.3, -0.25) is 4.90 Å². The van der Waals surface area contributed by atoms with Crippen molar-refractivity contribution >= 4 is 11.5 Å². The molecule has 0 radical (unpaired) electrons. The van der Waals surface area contributed by atoms with Gasteiger partial charge in [0.25, 0.3) is 0 Å². The third-order valence-electron chi connectivity index (χ3n) is 4.80. The van der Waals surface area contributed by atoms with Crippen LogP contribution in [0.3, 0.4) is 0 Å². The van der Waals surface area contributed by atoms with Crippen LogP contribution in [0.1, 0.15) is 6.42 Å². The Morgan fingerprint density at radius 1 is 1.29 bits per heavy atom. The van der Waals surface area contributed by atoms with Gasteiger partial charge in [0.2, 0.25) is 0 Å². The molecule has 4 rings (SSSR count). The minimum atomic E-state index is -0.346. The van der Waals surface area contributed by atoms with E-state index >= 15 is 0 Å². The topological polar surface area (TPSA) is 63.9 Å². The van der Waals surface area contributed by atoms with Gasteiger partial charge in [-0.15, -0.1) is 0 Å². The summed E-state index contributed by atoms with van der Waals surface area (Å²) in [6.45, 7) is 4.44. The van der Waals surface area contributed by atoms with Crippen LogP contribution in [0.25, 0.3) is 16.8 Å². The van der Waals surface area contributed by atoms with Crippen LogP contribution in [0.5, 0.6) is 5.75 Å². The van der Waals surface area contributed by atoms with Gasteiger partial charge in [-0.05, 0) is 30.2 Å². The number of nitrogens with one attached hydrogen (secondary N) is 1. The molecule has 28 heavy (non-hydrogen) atoms. The van der Waals surface area contributed by atoms with Crippen LogP contribution < -0.4 is 10.1 Å². The first-order chi connectivity index (χ1) is 13.7. The number of nitrogens with zero attached hydrogens (tertiary/aromatic N) is 4. The summed E-state index contributed by atoms with van der Waals surface area (Å²) in [5.74, 6) is 0.937. The molecule has 3 aromatic rings. The molecule has 0 fully saturated rings. The van der Waals surface area contributed by atoms with Crippen LogP contribution in [0.15, 0.2) is 36.7 Å². The van der Waals surface area contributed by atoms with E-state index in [1.165, 1.54) is 12.1 Å². The number of anilines is 1. The number of hydrogen-bond donors (Lipinski definition) is 1. The van der Waals surface area contributed by atoms with Crippen LogP contribution in [0.4, 0.5) is 10.2 Å². The molecule has 1 aliphatic rings. The van der Waals surface area contributed by atoms with Gasteiger partial charge in [0.05, 0.1) is 12.8 Å². The third kappa shape index (κ3) is 4.23. The zero-order valence-corrected chi connectivity index (χ0v) is 15.9. The molecular weight excluding hydrogens is 361 g/mol. The van der Waals surface area contributed by atoms with E-state index in [0.29, 0.717) is 30.2 Å². The van der Waals surface area contributed by atoms with Crippen molar-refractivity contribution in [2.24, 2.45) is 0 Å². The van der Waals surface area contributed by atoms with Crippen molar-refractivity contribution < 1.29 is 13.9 Å². The highest BCUT2D eigenvalue weighted by atomic mass is 19.1. The second-order valence-electron chi connectivity index (χ2n) is 6.78. The van der Waals surface area contributed by atoms with E-state index in [4.69, 9.17) is 9.47 Å². The lowest BCUT2D eigenvalue weighted by atomic mass is 10.1. The number of hydrogen-bond acceptors (Lipinski definition) is 6. The first-order valence-corrected chi connectivity index (χ1v) is 9.46. The van der Waals surface area contributed by atoms with E-state index in [0.717, 1.165) is 44.0 Å². The van der Waals surface area contributed by atoms with Gasteiger partial charge < -0.3 is 14.8 Å². The van der Waals surface area contributed by atoms with Crippen molar-refractivity contribution in [2.75, 3.05) is 51.8 Å². The van der Waals surface area contributed by atoms with E-state index < -0.39 is 0 Å². The van der Waals surface area contributed by atoms with Gasteiger partial charge in [-0.25, -0.2) is 13.9 Å². The van der Waals surface area contributed by atoms with Crippen molar-refractivity contribution in [3.63, 3.8) is 0 Å². The molecule has 2 aromatic heterocycles. The molecule has 0 saturated heterocycles. The SMILES string of the molecule is COCCN1CCCNc2ccn3ncc(c3n2)-c2cc(F)cc(c2)OCC1. The first-order valence-electron chi connectivity index (χ1n) is 9.46. The zero-order chi connectivity index (χ0) is 19.3. The molecule has 0 amide bonds. The predicted molar refractivity (Wildman–Crippen MR) is 105 cm³/mol. The van der Waals surface area contributed by atoms with Crippen molar-refractivity contribution in [3.05, 3.63) is 42.5 Å². The average Bonchev–Trinajstić information content (AvgIpc) is 3.11. The lowest BCUT2D eigenvalue weighted by Gasteiger charge is -2.22. The number of fused-ring (bicyclic) bond motifs is 4. The summed E-state index contributed by atoms with van der Waals surface area (Å²) >= 11 is 0. The summed E-state index contributed by atoms with van der Waals surface area (Å²) < 4.78 is 27.0. The van der Waals surface area contributed by atoms with Crippen molar-refractivity contribution in [3.8, 4) is 16.9 Å². The summed E-state index contributed by atoms with van der Waals surface area (Å²) in [6, 6.07) is 6.62. The van der Waals surface area contributed by atoms with E-state index in [2.05, 4.69) is 20.3 Å². The Morgan fingerprint density at radius 2 is 2.21 bits per heavy atom.